The molecular formula is C16H21N7S2. The van der Waals surface area contributed by atoms with Gasteiger partial charge in [0.2, 0.25) is 0 Å². The van der Waals surface area contributed by atoms with Crippen molar-refractivity contribution in [3.8, 4) is 0 Å². The minimum Gasteiger partial charge on any atom is -0.345 e. The Kier molecular flexibility index (Phi) is 4.60. The quantitative estimate of drug-likeness (QED) is 0.633. The van der Waals surface area contributed by atoms with Gasteiger partial charge in [-0.05, 0) is 25.0 Å². The third kappa shape index (κ3) is 3.10. The zero-order chi connectivity index (χ0) is 17.4. The Balaban J connectivity index is 1.73. The zero-order valence-corrected chi connectivity index (χ0v) is 16.2. The molecule has 0 radical (unpaired) electrons. The number of thiazole rings is 1. The summed E-state index contributed by atoms with van der Waals surface area (Å²) in [5, 5.41) is 8.61. The van der Waals surface area contributed by atoms with E-state index in [0.29, 0.717) is 5.92 Å². The minimum absolute atomic E-state index is 0.208. The number of nitrogens with zero attached hydrogens (tertiary/aromatic N) is 7. The molecule has 3 aromatic rings. The summed E-state index contributed by atoms with van der Waals surface area (Å²) in [5.41, 5.74) is 0.786. The first-order chi connectivity index (χ1) is 12.2. The fourth-order valence-corrected chi connectivity index (χ4v) is 4.88. The number of anilines is 1. The van der Waals surface area contributed by atoms with E-state index in [0.717, 1.165) is 52.3 Å². The van der Waals surface area contributed by atoms with Crippen LogP contribution in [0.5, 0.6) is 0 Å². The third-order valence-corrected chi connectivity index (χ3v) is 6.38. The van der Waals surface area contributed by atoms with E-state index >= 15 is 0 Å². The predicted octanol–water partition coefficient (Wildman–Crippen LogP) is 3.40. The van der Waals surface area contributed by atoms with Crippen molar-refractivity contribution in [2.75, 3.05) is 17.7 Å². The van der Waals surface area contributed by atoms with Crippen molar-refractivity contribution in [1.82, 2.24) is 29.7 Å². The van der Waals surface area contributed by atoms with E-state index in [1.807, 2.05) is 12.6 Å². The lowest BCUT2D eigenvalue weighted by atomic mass is 10.2. The first-order valence-corrected chi connectivity index (χ1v) is 10.5. The summed E-state index contributed by atoms with van der Waals surface area (Å²) in [7, 11) is 0. The van der Waals surface area contributed by atoms with Crippen LogP contribution in [0.25, 0.3) is 10.3 Å². The number of thioether (sulfide) groups is 1. The molecule has 7 nitrogen and oxygen atoms in total. The van der Waals surface area contributed by atoms with Crippen LogP contribution in [0.15, 0.2) is 17.0 Å². The maximum Gasteiger partial charge on any atom is 0.176 e. The van der Waals surface area contributed by atoms with Gasteiger partial charge in [-0.25, -0.2) is 15.0 Å². The highest BCUT2D eigenvalue weighted by molar-refractivity contribution is 8.00. The third-order valence-electron chi connectivity index (χ3n) is 4.36. The Morgan fingerprint density at radius 2 is 2.24 bits per heavy atom. The molecule has 0 amide bonds. The van der Waals surface area contributed by atoms with Crippen LogP contribution < -0.4 is 4.90 Å². The summed E-state index contributed by atoms with van der Waals surface area (Å²) in [6, 6.07) is 0.208. The lowest BCUT2D eigenvalue weighted by Crippen LogP contribution is -2.26. The molecule has 4 rings (SSSR count). The lowest BCUT2D eigenvalue weighted by Gasteiger charge is -2.25. The van der Waals surface area contributed by atoms with Crippen LogP contribution in [0.1, 0.15) is 38.6 Å². The van der Waals surface area contributed by atoms with Gasteiger partial charge in [0.05, 0.1) is 6.04 Å². The molecule has 0 saturated carbocycles. The highest BCUT2D eigenvalue weighted by Gasteiger charge is 2.32. The van der Waals surface area contributed by atoms with E-state index in [1.54, 1.807) is 29.4 Å². The highest BCUT2D eigenvalue weighted by Crippen LogP contribution is 2.40. The molecular weight excluding hydrogens is 354 g/mol. The standard InChI is InChI=1S/C16H21N7S2/c1-10(2)7-22-9-19-21-14(22)11-5-4-6-23(11)15-12-13(17-8-18-15)20-16(24-3)25-12/h8-11H,4-7H2,1-3H3. The molecule has 0 aromatic carbocycles. The summed E-state index contributed by atoms with van der Waals surface area (Å²) < 4.78 is 4.27. The normalized spacial score (nSPS) is 17.9. The Bertz CT molecular complexity index is 872. The first-order valence-electron chi connectivity index (χ1n) is 8.47. The van der Waals surface area contributed by atoms with Crippen molar-refractivity contribution in [1.29, 1.82) is 0 Å². The van der Waals surface area contributed by atoms with Crippen LogP contribution in [-0.2, 0) is 6.54 Å². The monoisotopic (exact) mass is 375 g/mol. The second kappa shape index (κ2) is 6.87. The molecule has 9 heteroatoms. The summed E-state index contributed by atoms with van der Waals surface area (Å²) in [6.45, 7) is 6.33. The van der Waals surface area contributed by atoms with Gasteiger partial charge in [0, 0.05) is 13.1 Å². The summed E-state index contributed by atoms with van der Waals surface area (Å²) >= 11 is 3.32. The van der Waals surface area contributed by atoms with Gasteiger partial charge in [-0.2, -0.15) is 0 Å². The van der Waals surface area contributed by atoms with Gasteiger partial charge in [-0.3, -0.25) is 0 Å². The molecule has 1 saturated heterocycles. The van der Waals surface area contributed by atoms with Gasteiger partial charge < -0.3 is 9.47 Å². The van der Waals surface area contributed by atoms with Crippen LogP contribution in [0.4, 0.5) is 5.82 Å². The summed E-state index contributed by atoms with van der Waals surface area (Å²) in [5.74, 6) is 2.57. The van der Waals surface area contributed by atoms with Gasteiger partial charge in [0.15, 0.2) is 21.6 Å². The van der Waals surface area contributed by atoms with Crippen LogP contribution in [0, 0.1) is 5.92 Å². The molecule has 1 fully saturated rings. The summed E-state index contributed by atoms with van der Waals surface area (Å²) in [4.78, 5) is 15.9. The van der Waals surface area contributed by atoms with E-state index in [4.69, 9.17) is 0 Å². The molecule has 3 aromatic heterocycles. The molecule has 4 heterocycles. The molecule has 25 heavy (non-hydrogen) atoms. The lowest BCUT2D eigenvalue weighted by molar-refractivity contribution is 0.487. The van der Waals surface area contributed by atoms with Crippen LogP contribution in [0.2, 0.25) is 0 Å². The maximum absolute atomic E-state index is 4.61. The van der Waals surface area contributed by atoms with Crippen LogP contribution in [0.3, 0.4) is 0 Å². The van der Waals surface area contributed by atoms with E-state index in [-0.39, 0.29) is 6.04 Å². The van der Waals surface area contributed by atoms with Gasteiger partial charge in [0.25, 0.3) is 0 Å². The maximum atomic E-state index is 4.61. The molecule has 0 aliphatic carbocycles. The van der Waals surface area contributed by atoms with Crippen molar-refractivity contribution >= 4 is 39.3 Å². The molecule has 0 spiro atoms. The number of rotatable bonds is 5. The molecule has 1 aliphatic heterocycles. The van der Waals surface area contributed by atoms with Gasteiger partial charge >= 0.3 is 0 Å². The summed E-state index contributed by atoms with van der Waals surface area (Å²) in [6.07, 6.45) is 7.70. The fraction of sp³-hybridized carbons (Fsp3) is 0.562. The van der Waals surface area contributed by atoms with E-state index in [9.17, 15) is 0 Å². The van der Waals surface area contributed by atoms with Crippen LogP contribution in [-0.4, -0.2) is 42.5 Å². The van der Waals surface area contributed by atoms with E-state index in [1.165, 1.54) is 0 Å². The van der Waals surface area contributed by atoms with Crippen molar-refractivity contribution < 1.29 is 0 Å². The van der Waals surface area contributed by atoms with Crippen molar-refractivity contribution in [2.45, 2.75) is 43.6 Å². The van der Waals surface area contributed by atoms with E-state index < -0.39 is 0 Å². The molecule has 1 unspecified atom stereocenters. The van der Waals surface area contributed by atoms with E-state index in [2.05, 4.69) is 48.5 Å². The molecule has 1 atom stereocenters. The average molecular weight is 376 g/mol. The highest BCUT2D eigenvalue weighted by atomic mass is 32.2. The van der Waals surface area contributed by atoms with Crippen molar-refractivity contribution in [3.63, 3.8) is 0 Å². The van der Waals surface area contributed by atoms with Crippen molar-refractivity contribution in [3.05, 3.63) is 18.5 Å². The Morgan fingerprint density at radius 1 is 1.36 bits per heavy atom. The van der Waals surface area contributed by atoms with Gasteiger partial charge in [-0.15, -0.1) is 21.5 Å². The molecule has 0 bridgehead atoms. The Hall–Kier alpha value is -1.74. The number of fused-ring (bicyclic) bond motifs is 1. The predicted molar refractivity (Wildman–Crippen MR) is 101 cm³/mol. The van der Waals surface area contributed by atoms with Gasteiger partial charge in [0.1, 0.15) is 17.4 Å². The topological polar surface area (TPSA) is 72.6 Å². The van der Waals surface area contributed by atoms with Crippen LogP contribution >= 0.6 is 23.1 Å². The smallest absolute Gasteiger partial charge is 0.176 e. The average Bonchev–Trinajstić information content (AvgIpc) is 3.31. The molecule has 1 aliphatic rings. The largest absolute Gasteiger partial charge is 0.345 e. The zero-order valence-electron chi connectivity index (χ0n) is 14.6. The number of hydrogen-bond donors (Lipinski definition) is 0. The van der Waals surface area contributed by atoms with Gasteiger partial charge in [-0.1, -0.05) is 25.6 Å². The first kappa shape index (κ1) is 16.7. The molecule has 0 N–H and O–H groups in total. The number of hydrogen-bond acceptors (Lipinski definition) is 8. The Morgan fingerprint density at radius 3 is 3.04 bits per heavy atom. The number of aromatic nitrogens is 6. The minimum atomic E-state index is 0.208. The Labute approximate surface area is 154 Å². The SMILES string of the molecule is CSc1nc2ncnc(N3CCCC3c3nncn3CC(C)C)c2s1. The fourth-order valence-electron chi connectivity index (χ4n) is 3.36. The molecule has 132 valence electrons. The second-order valence-electron chi connectivity index (χ2n) is 6.62. The van der Waals surface area contributed by atoms with Crippen molar-refractivity contribution in [2.24, 2.45) is 5.92 Å². The second-order valence-corrected chi connectivity index (χ2v) is 8.67.